The summed E-state index contributed by atoms with van der Waals surface area (Å²) in [4.78, 5) is 33.2. The van der Waals surface area contributed by atoms with Gasteiger partial charge in [-0.15, -0.1) is 0 Å². The first-order valence-corrected chi connectivity index (χ1v) is 8.18. The number of nitro benzene ring substituents is 1. The maximum atomic E-state index is 12.0. The smallest absolute Gasteiger partial charge is 0.270 e. The van der Waals surface area contributed by atoms with Gasteiger partial charge in [0, 0.05) is 12.1 Å². The molecule has 0 aliphatic heterocycles. The average Bonchev–Trinajstić information content (AvgIpc) is 2.61. The lowest BCUT2D eigenvalue weighted by Gasteiger charge is -2.15. The molecule has 2 aromatic carbocycles. The topological polar surface area (TPSA) is 98.5 Å². The van der Waals surface area contributed by atoms with E-state index in [1.807, 2.05) is 0 Å². The van der Waals surface area contributed by atoms with Crippen LogP contribution >= 0.6 is 23.2 Å². The number of nitro groups is 1. The SMILES string of the molecule is CC(NC(=O)COc1ccc([N+](=O)[O-])cc1C=O)c1ccc(Cl)c(Cl)c1. The number of ether oxygens (including phenoxy) is 1. The Kier molecular flexibility index (Phi) is 6.54. The second-order valence-electron chi connectivity index (χ2n) is 5.35. The minimum absolute atomic E-state index is 0.00969. The Balaban J connectivity index is 1.99. The first-order chi connectivity index (χ1) is 12.3. The van der Waals surface area contributed by atoms with Crippen LogP contribution in [0.5, 0.6) is 5.75 Å². The van der Waals surface area contributed by atoms with Crippen LogP contribution in [0.25, 0.3) is 0 Å². The molecule has 2 rings (SSSR count). The molecule has 0 aliphatic carbocycles. The molecule has 9 heteroatoms. The molecule has 1 unspecified atom stereocenters. The van der Waals surface area contributed by atoms with E-state index in [1.54, 1.807) is 25.1 Å². The number of carbonyl (C=O) groups is 2. The lowest BCUT2D eigenvalue weighted by Crippen LogP contribution is -2.31. The Morgan fingerprint density at radius 2 is 2.00 bits per heavy atom. The number of carbonyl (C=O) groups excluding carboxylic acids is 2. The van der Waals surface area contributed by atoms with Gasteiger partial charge in [0.2, 0.25) is 0 Å². The van der Waals surface area contributed by atoms with Gasteiger partial charge >= 0.3 is 0 Å². The summed E-state index contributed by atoms with van der Waals surface area (Å²) >= 11 is 11.8. The summed E-state index contributed by atoms with van der Waals surface area (Å²) in [5.74, 6) is -0.346. The standard InChI is InChI=1S/C17H14Cl2N2O5/c1-10(11-2-4-14(18)15(19)7-11)20-17(23)9-26-16-5-3-13(21(24)25)6-12(16)8-22/h2-8,10H,9H2,1H3,(H,20,23). The number of hydrogen-bond acceptors (Lipinski definition) is 5. The fraction of sp³-hybridized carbons (Fsp3) is 0.176. The fourth-order valence-electron chi connectivity index (χ4n) is 2.16. The third kappa shape index (κ3) is 4.93. The zero-order valence-corrected chi connectivity index (χ0v) is 15.1. The van der Waals surface area contributed by atoms with E-state index in [-0.39, 0.29) is 29.6 Å². The predicted molar refractivity (Wildman–Crippen MR) is 97.0 cm³/mol. The Morgan fingerprint density at radius 3 is 2.62 bits per heavy atom. The highest BCUT2D eigenvalue weighted by Gasteiger charge is 2.14. The van der Waals surface area contributed by atoms with E-state index in [9.17, 15) is 19.7 Å². The van der Waals surface area contributed by atoms with E-state index in [0.717, 1.165) is 11.6 Å². The number of non-ortho nitro benzene ring substituents is 1. The number of amides is 1. The summed E-state index contributed by atoms with van der Waals surface area (Å²) in [6, 6.07) is 8.22. The normalized spacial score (nSPS) is 11.5. The molecule has 0 aliphatic rings. The molecule has 0 bridgehead atoms. The monoisotopic (exact) mass is 396 g/mol. The molecule has 0 heterocycles. The molecule has 0 saturated carbocycles. The van der Waals surface area contributed by atoms with Crippen molar-refractivity contribution in [3.8, 4) is 5.75 Å². The van der Waals surface area contributed by atoms with E-state index >= 15 is 0 Å². The highest BCUT2D eigenvalue weighted by molar-refractivity contribution is 6.42. The van der Waals surface area contributed by atoms with Crippen LogP contribution < -0.4 is 10.1 Å². The molecule has 2 aromatic rings. The van der Waals surface area contributed by atoms with Crippen molar-refractivity contribution < 1.29 is 19.2 Å². The van der Waals surface area contributed by atoms with Crippen molar-refractivity contribution in [2.45, 2.75) is 13.0 Å². The van der Waals surface area contributed by atoms with Crippen LogP contribution in [0.3, 0.4) is 0 Å². The van der Waals surface area contributed by atoms with E-state index in [4.69, 9.17) is 27.9 Å². The van der Waals surface area contributed by atoms with Crippen LogP contribution in [-0.2, 0) is 4.79 Å². The van der Waals surface area contributed by atoms with Crippen molar-refractivity contribution in [1.29, 1.82) is 0 Å². The molecule has 1 N–H and O–H groups in total. The molecule has 0 fully saturated rings. The third-order valence-electron chi connectivity index (χ3n) is 3.51. The van der Waals surface area contributed by atoms with Crippen LogP contribution in [0.4, 0.5) is 5.69 Å². The minimum atomic E-state index is -0.623. The predicted octanol–water partition coefficient (Wildman–Crippen LogP) is 3.97. The molecule has 1 amide bonds. The van der Waals surface area contributed by atoms with Gasteiger partial charge < -0.3 is 10.1 Å². The van der Waals surface area contributed by atoms with Gasteiger partial charge in [-0.25, -0.2) is 0 Å². The van der Waals surface area contributed by atoms with Gasteiger partial charge in [0.1, 0.15) is 5.75 Å². The molecule has 136 valence electrons. The highest BCUT2D eigenvalue weighted by atomic mass is 35.5. The van der Waals surface area contributed by atoms with Gasteiger partial charge in [0.05, 0.1) is 26.6 Å². The number of hydrogen-bond donors (Lipinski definition) is 1. The Bertz CT molecular complexity index is 857. The van der Waals surface area contributed by atoms with E-state index in [0.29, 0.717) is 16.3 Å². The van der Waals surface area contributed by atoms with Crippen molar-refractivity contribution in [3.05, 3.63) is 67.7 Å². The van der Waals surface area contributed by atoms with Crippen LogP contribution in [-0.4, -0.2) is 23.7 Å². The molecule has 0 aromatic heterocycles. The maximum Gasteiger partial charge on any atom is 0.270 e. The summed E-state index contributed by atoms with van der Waals surface area (Å²) in [7, 11) is 0. The van der Waals surface area contributed by atoms with E-state index in [2.05, 4.69) is 5.32 Å². The quantitative estimate of drug-likeness (QED) is 0.433. The molecular formula is C17H14Cl2N2O5. The van der Waals surface area contributed by atoms with Crippen LogP contribution in [0.15, 0.2) is 36.4 Å². The third-order valence-corrected chi connectivity index (χ3v) is 4.25. The molecular weight excluding hydrogens is 383 g/mol. The van der Waals surface area contributed by atoms with Crippen molar-refractivity contribution in [1.82, 2.24) is 5.32 Å². The zero-order valence-electron chi connectivity index (χ0n) is 13.6. The van der Waals surface area contributed by atoms with Gasteiger partial charge in [-0.3, -0.25) is 19.7 Å². The molecule has 7 nitrogen and oxygen atoms in total. The van der Waals surface area contributed by atoms with Gasteiger partial charge in [0.25, 0.3) is 11.6 Å². The second-order valence-corrected chi connectivity index (χ2v) is 6.16. The first-order valence-electron chi connectivity index (χ1n) is 7.42. The summed E-state index contributed by atoms with van der Waals surface area (Å²) in [6.45, 7) is 1.41. The van der Waals surface area contributed by atoms with Crippen LogP contribution in [0, 0.1) is 10.1 Å². The first kappa shape index (κ1) is 19.7. The number of nitrogens with zero attached hydrogens (tertiary/aromatic N) is 1. The number of halogens is 2. The maximum absolute atomic E-state index is 12.0. The van der Waals surface area contributed by atoms with Crippen molar-refractivity contribution in [3.63, 3.8) is 0 Å². The van der Waals surface area contributed by atoms with Crippen LogP contribution in [0.2, 0.25) is 10.0 Å². The highest BCUT2D eigenvalue weighted by Crippen LogP contribution is 2.26. The summed E-state index contributed by atoms with van der Waals surface area (Å²) in [5.41, 5.74) is 0.512. The number of rotatable bonds is 7. The van der Waals surface area contributed by atoms with E-state index in [1.165, 1.54) is 12.1 Å². The van der Waals surface area contributed by atoms with Gasteiger partial charge in [-0.05, 0) is 30.7 Å². The Morgan fingerprint density at radius 1 is 1.27 bits per heavy atom. The number of benzene rings is 2. The van der Waals surface area contributed by atoms with E-state index < -0.39 is 10.8 Å². The number of nitrogens with one attached hydrogen (secondary N) is 1. The summed E-state index contributed by atoms with van der Waals surface area (Å²) in [6.07, 6.45) is 0.429. The van der Waals surface area contributed by atoms with Gasteiger partial charge in [0.15, 0.2) is 12.9 Å². The van der Waals surface area contributed by atoms with Crippen LogP contribution in [0.1, 0.15) is 28.9 Å². The lowest BCUT2D eigenvalue weighted by molar-refractivity contribution is -0.384. The molecule has 0 radical (unpaired) electrons. The Hall–Kier alpha value is -2.64. The lowest BCUT2D eigenvalue weighted by atomic mass is 10.1. The fourth-order valence-corrected chi connectivity index (χ4v) is 2.47. The summed E-state index contributed by atoms with van der Waals surface area (Å²) in [5, 5.41) is 14.2. The second kappa shape index (κ2) is 8.64. The molecule has 0 spiro atoms. The van der Waals surface area contributed by atoms with Gasteiger partial charge in [-0.1, -0.05) is 29.3 Å². The molecule has 0 saturated heterocycles. The minimum Gasteiger partial charge on any atom is -0.483 e. The largest absolute Gasteiger partial charge is 0.483 e. The van der Waals surface area contributed by atoms with Gasteiger partial charge in [-0.2, -0.15) is 0 Å². The molecule has 26 heavy (non-hydrogen) atoms. The number of aldehydes is 1. The van der Waals surface area contributed by atoms with Crippen molar-refractivity contribution >= 4 is 41.1 Å². The average molecular weight is 397 g/mol. The molecule has 1 atom stereocenters. The Labute approximate surface area is 159 Å². The van der Waals surface area contributed by atoms with Crippen molar-refractivity contribution in [2.24, 2.45) is 0 Å². The zero-order chi connectivity index (χ0) is 19.3. The van der Waals surface area contributed by atoms with Crippen molar-refractivity contribution in [2.75, 3.05) is 6.61 Å². The summed E-state index contributed by atoms with van der Waals surface area (Å²) < 4.78 is 5.29.